The Morgan fingerprint density at radius 1 is 1.20 bits per heavy atom. The number of anilines is 1. The molecule has 0 unspecified atom stereocenters. The van der Waals surface area contributed by atoms with E-state index in [-0.39, 0.29) is 17.6 Å². The van der Waals surface area contributed by atoms with Crippen LogP contribution in [0.1, 0.15) is 31.9 Å². The smallest absolute Gasteiger partial charge is 0.255 e. The Morgan fingerprint density at radius 2 is 2.00 bits per heavy atom. The highest BCUT2D eigenvalue weighted by Gasteiger charge is 2.36. The second-order valence-electron chi connectivity index (χ2n) is 7.88. The molecule has 1 N–H and O–H groups in total. The zero-order valence-electron chi connectivity index (χ0n) is 16.6. The van der Waals surface area contributed by atoms with Crippen molar-refractivity contribution < 1.29 is 5.11 Å². The normalized spacial score (nSPS) is 16.2. The van der Waals surface area contributed by atoms with Gasteiger partial charge in [0.05, 0.1) is 24.0 Å². The molecule has 1 aliphatic heterocycles. The predicted molar refractivity (Wildman–Crippen MR) is 117 cm³/mol. The first-order valence-corrected chi connectivity index (χ1v) is 10.3. The molecule has 0 bridgehead atoms. The van der Waals surface area contributed by atoms with Crippen LogP contribution >= 0.6 is 23.2 Å². The van der Waals surface area contributed by atoms with Crippen molar-refractivity contribution >= 4 is 29.2 Å². The average Bonchev–Trinajstić information content (AvgIpc) is 2.70. The zero-order chi connectivity index (χ0) is 21.5. The molecule has 3 aromatic rings. The van der Waals surface area contributed by atoms with E-state index in [1.807, 2.05) is 4.90 Å². The second kappa shape index (κ2) is 7.98. The summed E-state index contributed by atoms with van der Waals surface area (Å²) in [5, 5.41) is 11.8. The Bertz CT molecular complexity index is 1130. The third-order valence-corrected chi connectivity index (χ3v) is 5.99. The standard InChI is InChI=1S/C21H21Cl2N5O2/c1-21(2)6-8-27-19(30)10-17(16-5-7-24-12-25-16)26-20(27)28(21)11-18(29)14-4-3-13(22)9-15(14)23/h3-5,7,9-10,12,18,29H,6,8,11H2,1-2H3/t18-/m0/s1. The van der Waals surface area contributed by atoms with E-state index in [1.54, 1.807) is 35.0 Å². The number of halogens is 2. The summed E-state index contributed by atoms with van der Waals surface area (Å²) in [7, 11) is 0. The summed E-state index contributed by atoms with van der Waals surface area (Å²) in [6.07, 6.45) is 2.87. The summed E-state index contributed by atoms with van der Waals surface area (Å²) >= 11 is 12.3. The lowest BCUT2D eigenvalue weighted by molar-refractivity contribution is 0.169. The molecule has 1 atom stereocenters. The molecule has 0 aliphatic carbocycles. The molecule has 3 heterocycles. The number of rotatable bonds is 4. The number of benzene rings is 1. The van der Waals surface area contributed by atoms with E-state index in [0.717, 1.165) is 6.42 Å². The zero-order valence-corrected chi connectivity index (χ0v) is 18.1. The lowest BCUT2D eigenvalue weighted by atomic mass is 9.95. The van der Waals surface area contributed by atoms with Crippen LogP contribution in [0, 0.1) is 0 Å². The van der Waals surface area contributed by atoms with Gasteiger partial charge >= 0.3 is 0 Å². The molecule has 0 spiro atoms. The first kappa shape index (κ1) is 20.8. The van der Waals surface area contributed by atoms with Crippen molar-refractivity contribution in [2.24, 2.45) is 0 Å². The highest BCUT2D eigenvalue weighted by Crippen LogP contribution is 2.34. The summed E-state index contributed by atoms with van der Waals surface area (Å²) in [6.45, 7) is 4.90. The maximum absolute atomic E-state index is 12.8. The molecule has 9 heteroatoms. The fourth-order valence-electron chi connectivity index (χ4n) is 3.65. The Hall–Kier alpha value is -2.48. The van der Waals surface area contributed by atoms with Gasteiger partial charge in [0.2, 0.25) is 5.95 Å². The summed E-state index contributed by atoms with van der Waals surface area (Å²) in [5.74, 6) is 0.497. The van der Waals surface area contributed by atoms with Gasteiger partial charge in [-0.05, 0) is 38.5 Å². The van der Waals surface area contributed by atoms with Crippen molar-refractivity contribution in [3.63, 3.8) is 0 Å². The number of hydrogen-bond donors (Lipinski definition) is 1. The molecule has 0 saturated carbocycles. The van der Waals surface area contributed by atoms with Crippen LogP contribution in [-0.2, 0) is 6.54 Å². The number of fused-ring (bicyclic) bond motifs is 1. The van der Waals surface area contributed by atoms with Gasteiger partial charge in [-0.15, -0.1) is 0 Å². The van der Waals surface area contributed by atoms with Crippen molar-refractivity contribution in [2.75, 3.05) is 11.4 Å². The maximum Gasteiger partial charge on any atom is 0.255 e. The van der Waals surface area contributed by atoms with Gasteiger partial charge in [-0.2, -0.15) is 0 Å². The monoisotopic (exact) mass is 445 g/mol. The van der Waals surface area contributed by atoms with E-state index in [0.29, 0.717) is 39.5 Å². The van der Waals surface area contributed by atoms with Crippen LogP contribution in [0.15, 0.2) is 47.7 Å². The SMILES string of the molecule is CC1(C)CCn2c(nc(-c3ccncn3)cc2=O)N1C[C@H](O)c1ccc(Cl)cc1Cl. The second-order valence-corrected chi connectivity index (χ2v) is 8.72. The minimum Gasteiger partial charge on any atom is -0.387 e. The molecule has 30 heavy (non-hydrogen) atoms. The van der Waals surface area contributed by atoms with Crippen molar-refractivity contribution in [3.8, 4) is 11.4 Å². The fourth-order valence-corrected chi connectivity index (χ4v) is 4.18. The Morgan fingerprint density at radius 3 is 2.70 bits per heavy atom. The predicted octanol–water partition coefficient (Wildman–Crippen LogP) is 3.73. The van der Waals surface area contributed by atoms with Gasteiger partial charge in [0.15, 0.2) is 0 Å². The Balaban J connectivity index is 1.76. The maximum atomic E-state index is 12.8. The van der Waals surface area contributed by atoms with Gasteiger partial charge in [-0.3, -0.25) is 9.36 Å². The highest BCUT2D eigenvalue weighted by molar-refractivity contribution is 6.35. The summed E-state index contributed by atoms with van der Waals surface area (Å²) in [5.41, 5.74) is 1.12. The molecule has 2 aromatic heterocycles. The molecule has 0 saturated heterocycles. The van der Waals surface area contributed by atoms with E-state index in [1.165, 1.54) is 12.4 Å². The lowest BCUT2D eigenvalue weighted by Gasteiger charge is -2.45. The van der Waals surface area contributed by atoms with Crippen LogP contribution in [0.25, 0.3) is 11.4 Å². The quantitative estimate of drug-likeness (QED) is 0.658. The number of aliphatic hydroxyl groups is 1. The van der Waals surface area contributed by atoms with Gasteiger partial charge in [-0.25, -0.2) is 15.0 Å². The minimum absolute atomic E-state index is 0.159. The van der Waals surface area contributed by atoms with E-state index in [4.69, 9.17) is 28.2 Å². The van der Waals surface area contributed by atoms with Gasteiger partial charge < -0.3 is 10.0 Å². The van der Waals surface area contributed by atoms with Crippen molar-refractivity contribution in [3.05, 3.63) is 68.8 Å². The first-order valence-electron chi connectivity index (χ1n) is 9.55. The van der Waals surface area contributed by atoms with Crippen LogP contribution in [0.5, 0.6) is 0 Å². The topological polar surface area (TPSA) is 84.1 Å². The molecule has 4 rings (SSSR count). The third kappa shape index (κ3) is 3.93. The average molecular weight is 446 g/mol. The van der Waals surface area contributed by atoms with Gasteiger partial charge in [0, 0.05) is 40.0 Å². The molecule has 156 valence electrons. The summed E-state index contributed by atoms with van der Waals surface area (Å²) in [4.78, 5) is 27.6. The van der Waals surface area contributed by atoms with Crippen LogP contribution in [0.3, 0.4) is 0 Å². The molecule has 1 aromatic carbocycles. The number of aromatic nitrogens is 4. The largest absolute Gasteiger partial charge is 0.387 e. The van der Waals surface area contributed by atoms with Crippen LogP contribution in [0.4, 0.5) is 5.95 Å². The van der Waals surface area contributed by atoms with E-state index in [9.17, 15) is 9.90 Å². The first-order chi connectivity index (χ1) is 14.3. The highest BCUT2D eigenvalue weighted by atomic mass is 35.5. The lowest BCUT2D eigenvalue weighted by Crippen LogP contribution is -2.53. The molecular formula is C21H21Cl2N5O2. The van der Waals surface area contributed by atoms with Crippen molar-refractivity contribution in [1.29, 1.82) is 0 Å². The Labute approximate surface area is 184 Å². The minimum atomic E-state index is -0.889. The van der Waals surface area contributed by atoms with Crippen molar-refractivity contribution in [1.82, 2.24) is 19.5 Å². The van der Waals surface area contributed by atoms with Crippen LogP contribution in [0.2, 0.25) is 10.0 Å². The van der Waals surface area contributed by atoms with E-state index >= 15 is 0 Å². The molecule has 0 amide bonds. The van der Waals surface area contributed by atoms with E-state index < -0.39 is 6.10 Å². The Kier molecular flexibility index (Phi) is 5.53. The van der Waals surface area contributed by atoms with Crippen molar-refractivity contribution in [2.45, 2.75) is 38.5 Å². The number of β-amino-alcohol motifs (C(OH)–C–C–N with tert-alkyl or cyclic N) is 1. The fraction of sp³-hybridized carbons (Fsp3) is 0.333. The summed E-state index contributed by atoms with van der Waals surface area (Å²) in [6, 6.07) is 8.20. The van der Waals surface area contributed by atoms with Gasteiger partial charge in [0.1, 0.15) is 6.33 Å². The molecule has 0 radical (unpaired) electrons. The number of hydrogen-bond acceptors (Lipinski definition) is 6. The van der Waals surface area contributed by atoms with Gasteiger partial charge in [-0.1, -0.05) is 29.3 Å². The van der Waals surface area contributed by atoms with Crippen LogP contribution < -0.4 is 10.5 Å². The van der Waals surface area contributed by atoms with E-state index in [2.05, 4.69) is 23.8 Å². The molecular weight excluding hydrogens is 425 g/mol. The number of nitrogens with zero attached hydrogens (tertiary/aromatic N) is 5. The molecule has 0 fully saturated rings. The molecule has 7 nitrogen and oxygen atoms in total. The number of aliphatic hydroxyl groups excluding tert-OH is 1. The van der Waals surface area contributed by atoms with Gasteiger partial charge in [0.25, 0.3) is 5.56 Å². The van der Waals surface area contributed by atoms with Crippen LogP contribution in [-0.4, -0.2) is 36.7 Å². The molecule has 1 aliphatic rings. The summed E-state index contributed by atoms with van der Waals surface area (Å²) < 4.78 is 1.63. The third-order valence-electron chi connectivity index (χ3n) is 5.43.